The largest absolute Gasteiger partial charge is 0.319 e. The van der Waals surface area contributed by atoms with Gasteiger partial charge in [0.2, 0.25) is 5.82 Å². The first-order valence-electron chi connectivity index (χ1n) is 9.76. The Balaban J connectivity index is 1.29. The van der Waals surface area contributed by atoms with Crippen LogP contribution in [0.4, 0.5) is 10.1 Å². The molecule has 0 radical (unpaired) electrons. The lowest BCUT2D eigenvalue weighted by Gasteiger charge is -2.25. The minimum absolute atomic E-state index is 0.287. The maximum atomic E-state index is 13.4. The number of hydrogen-bond acceptors (Lipinski definition) is 5. The Morgan fingerprint density at radius 3 is 2.76 bits per heavy atom. The number of nitrogens with one attached hydrogen (secondary N) is 1. The van der Waals surface area contributed by atoms with Gasteiger partial charge in [0.05, 0.1) is 0 Å². The molecular formula is C21H21FN6O. The van der Waals surface area contributed by atoms with Crippen LogP contribution in [0.5, 0.6) is 0 Å². The van der Waals surface area contributed by atoms with Crippen LogP contribution in [0.25, 0.3) is 0 Å². The van der Waals surface area contributed by atoms with Crippen molar-refractivity contribution in [3.8, 4) is 0 Å². The van der Waals surface area contributed by atoms with Crippen molar-refractivity contribution in [2.24, 2.45) is 11.8 Å². The molecule has 1 aromatic carbocycles. The zero-order chi connectivity index (χ0) is 19.8. The molecule has 2 aromatic heterocycles. The van der Waals surface area contributed by atoms with Crippen molar-refractivity contribution in [2.75, 3.05) is 18.4 Å². The molecule has 0 spiro atoms. The molecule has 0 saturated carbocycles. The van der Waals surface area contributed by atoms with Crippen LogP contribution < -0.4 is 5.32 Å². The van der Waals surface area contributed by atoms with E-state index >= 15 is 0 Å². The van der Waals surface area contributed by atoms with Gasteiger partial charge in [-0.25, -0.2) is 4.39 Å². The number of carbonyl (C=O) groups is 1. The molecule has 2 aliphatic heterocycles. The van der Waals surface area contributed by atoms with Crippen molar-refractivity contribution < 1.29 is 9.18 Å². The number of rotatable bonds is 4. The van der Waals surface area contributed by atoms with Gasteiger partial charge in [-0.2, -0.15) is 0 Å². The molecule has 29 heavy (non-hydrogen) atoms. The molecule has 4 heterocycles. The average Bonchev–Trinajstić information content (AvgIpc) is 3.29. The van der Waals surface area contributed by atoms with Crippen LogP contribution in [-0.4, -0.2) is 43.6 Å². The molecule has 0 aliphatic carbocycles. The van der Waals surface area contributed by atoms with E-state index in [0.29, 0.717) is 17.5 Å². The minimum Gasteiger partial charge on any atom is -0.319 e. The number of hydrogen-bond donors (Lipinski definition) is 1. The highest BCUT2D eigenvalue weighted by molar-refractivity contribution is 6.01. The third kappa shape index (κ3) is 3.63. The van der Waals surface area contributed by atoms with E-state index in [2.05, 4.69) is 25.4 Å². The van der Waals surface area contributed by atoms with Gasteiger partial charge >= 0.3 is 0 Å². The molecular weight excluding hydrogens is 371 g/mol. The van der Waals surface area contributed by atoms with E-state index in [4.69, 9.17) is 0 Å². The molecule has 0 unspecified atom stereocenters. The lowest BCUT2D eigenvalue weighted by molar-refractivity contribution is 0.100. The maximum absolute atomic E-state index is 13.4. The average molecular weight is 392 g/mol. The summed E-state index contributed by atoms with van der Waals surface area (Å²) in [6, 6.07) is 9.93. The Morgan fingerprint density at radius 1 is 1.10 bits per heavy atom. The number of benzene rings is 1. The molecule has 8 heteroatoms. The summed E-state index contributed by atoms with van der Waals surface area (Å²) in [5.41, 5.74) is 1.67. The Labute approximate surface area is 167 Å². The van der Waals surface area contributed by atoms with Gasteiger partial charge in [0, 0.05) is 50.7 Å². The van der Waals surface area contributed by atoms with Gasteiger partial charge in [0.25, 0.3) is 5.91 Å². The second-order valence-electron chi connectivity index (χ2n) is 7.79. The Kier molecular flexibility index (Phi) is 4.55. The summed E-state index contributed by atoms with van der Waals surface area (Å²) in [7, 11) is 0. The fourth-order valence-corrected chi connectivity index (χ4v) is 4.42. The number of anilines is 1. The first kappa shape index (κ1) is 17.9. The maximum Gasteiger partial charge on any atom is 0.293 e. The fraction of sp³-hybridized carbons (Fsp3) is 0.333. The predicted octanol–water partition coefficient (Wildman–Crippen LogP) is 2.37. The quantitative estimate of drug-likeness (QED) is 0.738. The zero-order valence-electron chi connectivity index (χ0n) is 15.8. The van der Waals surface area contributed by atoms with Crippen LogP contribution in [0.15, 0.2) is 48.8 Å². The number of pyridine rings is 1. The third-order valence-electron chi connectivity index (χ3n) is 5.78. The molecule has 5 rings (SSSR count). The summed E-state index contributed by atoms with van der Waals surface area (Å²) in [4.78, 5) is 19.2. The van der Waals surface area contributed by atoms with Crippen molar-refractivity contribution in [3.63, 3.8) is 0 Å². The van der Waals surface area contributed by atoms with E-state index in [-0.39, 0.29) is 11.7 Å². The predicted molar refractivity (Wildman–Crippen MR) is 105 cm³/mol. The fourth-order valence-electron chi connectivity index (χ4n) is 4.42. The summed E-state index contributed by atoms with van der Waals surface area (Å²) >= 11 is 0. The number of amides is 1. The van der Waals surface area contributed by atoms with E-state index in [9.17, 15) is 9.18 Å². The highest BCUT2D eigenvalue weighted by Crippen LogP contribution is 2.33. The minimum atomic E-state index is -0.394. The normalized spacial score (nSPS) is 20.9. The molecule has 148 valence electrons. The molecule has 1 amide bonds. The summed E-state index contributed by atoms with van der Waals surface area (Å²) in [5.74, 6) is 1.36. The molecule has 3 aromatic rings. The first-order chi connectivity index (χ1) is 14.2. The van der Waals surface area contributed by atoms with Gasteiger partial charge in [-0.3, -0.25) is 14.7 Å². The summed E-state index contributed by atoms with van der Waals surface area (Å²) < 4.78 is 15.3. The number of halogens is 1. The number of carbonyl (C=O) groups excluding carboxylic acids is 1. The van der Waals surface area contributed by atoms with Gasteiger partial charge in [0.1, 0.15) is 11.6 Å². The van der Waals surface area contributed by atoms with Crippen molar-refractivity contribution >= 4 is 11.6 Å². The van der Waals surface area contributed by atoms with Crippen LogP contribution in [0, 0.1) is 17.7 Å². The Hall–Kier alpha value is -3.13. The molecule has 2 atom stereocenters. The third-order valence-corrected chi connectivity index (χ3v) is 5.78. The highest BCUT2D eigenvalue weighted by Gasteiger charge is 2.39. The van der Waals surface area contributed by atoms with Gasteiger partial charge < -0.3 is 9.88 Å². The topological polar surface area (TPSA) is 75.9 Å². The number of likely N-dealkylation sites (tertiary alicyclic amines) is 1. The summed E-state index contributed by atoms with van der Waals surface area (Å²) in [6.07, 6.45) is 4.46. The van der Waals surface area contributed by atoms with E-state index in [1.54, 1.807) is 12.1 Å². The van der Waals surface area contributed by atoms with Crippen LogP contribution in [0.3, 0.4) is 0 Å². The number of nitrogens with zero attached hydrogens (tertiary/aromatic N) is 5. The van der Waals surface area contributed by atoms with E-state index < -0.39 is 5.82 Å². The highest BCUT2D eigenvalue weighted by atomic mass is 19.1. The SMILES string of the molecule is O=C(Nc1cccc(F)c1)c1nnc2n1C[C@@H]1CN(Cc3ccncc3)C[C@H]1C2. The molecule has 0 bridgehead atoms. The monoisotopic (exact) mass is 392 g/mol. The molecule has 1 saturated heterocycles. The molecule has 1 fully saturated rings. The number of fused-ring (bicyclic) bond motifs is 2. The second-order valence-corrected chi connectivity index (χ2v) is 7.79. The molecule has 7 nitrogen and oxygen atoms in total. The standard InChI is InChI=1S/C21H21FN6O/c22-17-2-1-3-18(9-17)24-21(29)20-26-25-19-8-15-11-27(12-16(15)13-28(19)20)10-14-4-6-23-7-5-14/h1-7,9,15-16H,8,10-13H2,(H,24,29)/t15-,16+/m1/s1. The van der Waals surface area contributed by atoms with Crippen molar-refractivity contribution in [3.05, 3.63) is 71.8 Å². The van der Waals surface area contributed by atoms with E-state index in [1.165, 1.54) is 17.7 Å². The van der Waals surface area contributed by atoms with Crippen molar-refractivity contribution in [2.45, 2.75) is 19.5 Å². The molecule has 2 aliphatic rings. The van der Waals surface area contributed by atoms with Crippen LogP contribution in [0.1, 0.15) is 22.0 Å². The van der Waals surface area contributed by atoms with Crippen LogP contribution in [0.2, 0.25) is 0 Å². The van der Waals surface area contributed by atoms with Gasteiger partial charge in [-0.1, -0.05) is 6.07 Å². The summed E-state index contributed by atoms with van der Waals surface area (Å²) in [5, 5.41) is 11.1. The van der Waals surface area contributed by atoms with Crippen molar-refractivity contribution in [1.82, 2.24) is 24.6 Å². The van der Waals surface area contributed by atoms with Crippen LogP contribution in [-0.2, 0) is 19.5 Å². The Morgan fingerprint density at radius 2 is 1.93 bits per heavy atom. The van der Waals surface area contributed by atoms with Gasteiger partial charge in [0.15, 0.2) is 0 Å². The smallest absolute Gasteiger partial charge is 0.293 e. The number of aromatic nitrogens is 4. The zero-order valence-corrected chi connectivity index (χ0v) is 15.8. The van der Waals surface area contributed by atoms with Gasteiger partial charge in [-0.05, 0) is 47.7 Å². The van der Waals surface area contributed by atoms with E-state index in [0.717, 1.165) is 38.4 Å². The molecule has 1 N–H and O–H groups in total. The summed E-state index contributed by atoms with van der Waals surface area (Å²) in [6.45, 7) is 3.63. The van der Waals surface area contributed by atoms with E-state index in [1.807, 2.05) is 29.1 Å². The lowest BCUT2D eigenvalue weighted by Crippen LogP contribution is -2.31. The van der Waals surface area contributed by atoms with Crippen LogP contribution >= 0.6 is 0 Å². The first-order valence-corrected chi connectivity index (χ1v) is 9.76. The van der Waals surface area contributed by atoms with Crippen molar-refractivity contribution in [1.29, 1.82) is 0 Å². The lowest BCUT2D eigenvalue weighted by atomic mass is 9.89. The second kappa shape index (κ2) is 7.36. The Bertz CT molecular complexity index is 1040. The van der Waals surface area contributed by atoms with Gasteiger partial charge in [-0.15, -0.1) is 10.2 Å².